The van der Waals surface area contributed by atoms with Gasteiger partial charge in [0.15, 0.2) is 0 Å². The Kier molecular flexibility index (Phi) is 5.84. The zero-order valence-electron chi connectivity index (χ0n) is 8.08. The fraction of sp³-hybridized carbons (Fsp3) is 0.875. The molecule has 5 nitrogen and oxygen atoms in total. The van der Waals surface area contributed by atoms with Crippen molar-refractivity contribution in [2.75, 3.05) is 6.54 Å². The first-order valence-corrected chi connectivity index (χ1v) is 4.45. The van der Waals surface area contributed by atoms with E-state index in [4.69, 9.17) is 0 Å². The van der Waals surface area contributed by atoms with E-state index in [0.29, 0.717) is 25.8 Å². The van der Waals surface area contributed by atoms with Crippen LogP contribution in [0.5, 0.6) is 0 Å². The number of hydrogen-bond acceptors (Lipinski definition) is 3. The van der Waals surface area contributed by atoms with Gasteiger partial charge >= 0.3 is 0 Å². The highest BCUT2D eigenvalue weighted by Crippen LogP contribution is 2.04. The molecule has 0 rings (SSSR count). The third-order valence-corrected chi connectivity index (χ3v) is 1.86. The summed E-state index contributed by atoms with van der Waals surface area (Å²) in [6.07, 6.45) is 1.75. The molecule has 0 saturated heterocycles. The van der Waals surface area contributed by atoms with E-state index in [1.54, 1.807) is 6.92 Å². The van der Waals surface area contributed by atoms with Crippen LogP contribution >= 0.6 is 0 Å². The molecule has 13 heavy (non-hydrogen) atoms. The molecule has 0 aromatic heterocycles. The van der Waals surface area contributed by atoms with Crippen LogP contribution in [0.2, 0.25) is 0 Å². The first-order valence-electron chi connectivity index (χ1n) is 4.45. The van der Waals surface area contributed by atoms with Crippen LogP contribution in [0.4, 0.5) is 0 Å². The summed E-state index contributed by atoms with van der Waals surface area (Å²) in [4.78, 5) is 20.6. The van der Waals surface area contributed by atoms with E-state index >= 15 is 0 Å². The summed E-state index contributed by atoms with van der Waals surface area (Å²) in [5.41, 5.74) is 0. The smallest absolute Gasteiger partial charge is 0.216 e. The number of nitro groups is 1. The Hall–Kier alpha value is -1.13. The molecule has 0 heterocycles. The Morgan fingerprint density at radius 3 is 2.62 bits per heavy atom. The van der Waals surface area contributed by atoms with Crippen LogP contribution in [0.15, 0.2) is 0 Å². The van der Waals surface area contributed by atoms with Crippen LogP contribution in [0.25, 0.3) is 0 Å². The SMILES string of the molecule is CCC(CCCNC(C)=O)[N+](=O)[O-]. The highest BCUT2D eigenvalue weighted by Gasteiger charge is 2.15. The summed E-state index contributed by atoms with van der Waals surface area (Å²) in [5.74, 6) is -0.0887. The number of nitrogens with zero attached hydrogens (tertiary/aromatic N) is 1. The second-order valence-corrected chi connectivity index (χ2v) is 2.97. The van der Waals surface area contributed by atoms with E-state index in [1.165, 1.54) is 6.92 Å². The van der Waals surface area contributed by atoms with Gasteiger partial charge < -0.3 is 5.32 Å². The van der Waals surface area contributed by atoms with Gasteiger partial charge in [-0.1, -0.05) is 6.92 Å². The van der Waals surface area contributed by atoms with Crippen molar-refractivity contribution < 1.29 is 9.72 Å². The molecule has 1 atom stereocenters. The maximum Gasteiger partial charge on any atom is 0.216 e. The van der Waals surface area contributed by atoms with E-state index in [1.807, 2.05) is 0 Å². The third-order valence-electron chi connectivity index (χ3n) is 1.86. The van der Waals surface area contributed by atoms with Crippen molar-refractivity contribution in [3.05, 3.63) is 10.1 Å². The van der Waals surface area contributed by atoms with E-state index in [-0.39, 0.29) is 10.8 Å². The first kappa shape index (κ1) is 11.9. The van der Waals surface area contributed by atoms with Crippen molar-refractivity contribution in [2.45, 2.75) is 39.2 Å². The number of carbonyl (C=O) groups excluding carboxylic acids is 1. The molecular weight excluding hydrogens is 172 g/mol. The monoisotopic (exact) mass is 188 g/mol. The summed E-state index contributed by atoms with van der Waals surface area (Å²) in [5, 5.41) is 13.0. The molecule has 1 amide bonds. The van der Waals surface area contributed by atoms with Crippen LogP contribution < -0.4 is 5.32 Å². The van der Waals surface area contributed by atoms with E-state index in [9.17, 15) is 14.9 Å². The van der Waals surface area contributed by atoms with E-state index < -0.39 is 6.04 Å². The van der Waals surface area contributed by atoms with Crippen molar-refractivity contribution in [2.24, 2.45) is 0 Å². The molecule has 0 aliphatic heterocycles. The van der Waals surface area contributed by atoms with Crippen molar-refractivity contribution in [3.63, 3.8) is 0 Å². The number of amides is 1. The molecule has 5 heteroatoms. The van der Waals surface area contributed by atoms with Crippen LogP contribution in [-0.4, -0.2) is 23.4 Å². The Bertz CT molecular complexity index is 182. The Labute approximate surface area is 77.7 Å². The number of carbonyl (C=O) groups is 1. The van der Waals surface area contributed by atoms with Crippen LogP contribution in [0, 0.1) is 10.1 Å². The maximum absolute atomic E-state index is 10.4. The van der Waals surface area contributed by atoms with Crippen molar-refractivity contribution in [1.29, 1.82) is 0 Å². The first-order chi connectivity index (χ1) is 6.07. The molecule has 1 unspecified atom stereocenters. The van der Waals surface area contributed by atoms with Gasteiger partial charge in [0.25, 0.3) is 0 Å². The summed E-state index contributed by atoms with van der Waals surface area (Å²) in [6.45, 7) is 3.76. The fourth-order valence-corrected chi connectivity index (χ4v) is 1.06. The predicted molar refractivity (Wildman–Crippen MR) is 49.0 cm³/mol. The van der Waals surface area contributed by atoms with Crippen LogP contribution in [0.1, 0.15) is 33.1 Å². The molecule has 1 N–H and O–H groups in total. The van der Waals surface area contributed by atoms with Gasteiger partial charge in [0.2, 0.25) is 11.9 Å². The minimum Gasteiger partial charge on any atom is -0.356 e. The van der Waals surface area contributed by atoms with Gasteiger partial charge in [0.05, 0.1) is 0 Å². The molecule has 0 bridgehead atoms. The van der Waals surface area contributed by atoms with Crippen molar-refractivity contribution in [1.82, 2.24) is 5.32 Å². The van der Waals surface area contributed by atoms with Crippen LogP contribution in [-0.2, 0) is 4.79 Å². The molecule has 0 radical (unpaired) electrons. The zero-order chi connectivity index (χ0) is 10.3. The lowest BCUT2D eigenvalue weighted by Gasteiger charge is -2.06. The average Bonchev–Trinajstić information content (AvgIpc) is 2.03. The number of rotatable bonds is 6. The lowest BCUT2D eigenvalue weighted by atomic mass is 10.1. The molecule has 0 fully saturated rings. The summed E-state index contributed by atoms with van der Waals surface area (Å²) < 4.78 is 0. The molecule has 76 valence electrons. The summed E-state index contributed by atoms with van der Waals surface area (Å²) in [6, 6.07) is -0.464. The quantitative estimate of drug-likeness (QED) is 0.383. The van der Waals surface area contributed by atoms with Crippen molar-refractivity contribution in [3.8, 4) is 0 Å². The molecule has 0 saturated carbocycles. The normalized spacial score (nSPS) is 12.2. The van der Waals surface area contributed by atoms with E-state index in [2.05, 4.69) is 5.32 Å². The van der Waals surface area contributed by atoms with Crippen molar-refractivity contribution >= 4 is 5.91 Å². The Morgan fingerprint density at radius 1 is 1.62 bits per heavy atom. The lowest BCUT2D eigenvalue weighted by molar-refractivity contribution is -0.523. The molecule has 0 spiro atoms. The molecule has 0 aliphatic rings. The standard InChI is InChI=1S/C8H16N2O3/c1-3-8(10(12)13)5-4-6-9-7(2)11/h8H,3-6H2,1-2H3,(H,9,11). The lowest BCUT2D eigenvalue weighted by Crippen LogP contribution is -2.24. The highest BCUT2D eigenvalue weighted by atomic mass is 16.6. The summed E-state index contributed by atoms with van der Waals surface area (Å²) >= 11 is 0. The van der Waals surface area contributed by atoms with Gasteiger partial charge in [-0.2, -0.15) is 0 Å². The minimum atomic E-state index is -0.464. The largest absolute Gasteiger partial charge is 0.356 e. The second-order valence-electron chi connectivity index (χ2n) is 2.97. The van der Waals surface area contributed by atoms with E-state index in [0.717, 1.165) is 0 Å². The summed E-state index contributed by atoms with van der Waals surface area (Å²) in [7, 11) is 0. The molecule has 0 aliphatic carbocycles. The predicted octanol–water partition coefficient (Wildman–Crippen LogP) is 0.958. The molecule has 0 aromatic carbocycles. The van der Waals surface area contributed by atoms with Gasteiger partial charge in [-0.3, -0.25) is 14.9 Å². The number of hydrogen-bond donors (Lipinski definition) is 1. The highest BCUT2D eigenvalue weighted by molar-refractivity contribution is 5.72. The second kappa shape index (κ2) is 6.39. The van der Waals surface area contributed by atoms with Gasteiger partial charge in [-0.25, -0.2) is 0 Å². The minimum absolute atomic E-state index is 0.0887. The Morgan fingerprint density at radius 2 is 2.23 bits per heavy atom. The molecule has 0 aromatic rings. The maximum atomic E-state index is 10.4. The Balaban J connectivity index is 3.50. The zero-order valence-corrected chi connectivity index (χ0v) is 8.08. The van der Waals surface area contributed by atoms with Gasteiger partial charge in [0, 0.05) is 31.2 Å². The average molecular weight is 188 g/mol. The van der Waals surface area contributed by atoms with Gasteiger partial charge in [-0.15, -0.1) is 0 Å². The van der Waals surface area contributed by atoms with Gasteiger partial charge in [0.1, 0.15) is 0 Å². The topological polar surface area (TPSA) is 72.2 Å². The number of nitrogens with one attached hydrogen (secondary N) is 1. The van der Waals surface area contributed by atoms with Crippen LogP contribution in [0.3, 0.4) is 0 Å². The third kappa shape index (κ3) is 6.07. The van der Waals surface area contributed by atoms with Gasteiger partial charge in [-0.05, 0) is 6.42 Å². The fourth-order valence-electron chi connectivity index (χ4n) is 1.06. The molecular formula is C8H16N2O3.